The maximum Gasteiger partial charge on any atom is 0.320 e. The second-order valence-electron chi connectivity index (χ2n) is 4.49. The number of nitrogens with zero attached hydrogens (tertiary/aromatic N) is 1. The minimum atomic E-state index is -0.147. The molecule has 1 saturated heterocycles. The highest BCUT2D eigenvalue weighted by Crippen LogP contribution is 2.32. The lowest BCUT2D eigenvalue weighted by atomic mass is 10.0. The van der Waals surface area contributed by atoms with E-state index in [9.17, 15) is 4.79 Å². The molecule has 0 amide bonds. The molecule has 0 N–H and O–H groups in total. The summed E-state index contributed by atoms with van der Waals surface area (Å²) in [5.74, 6) is -0.147. The molecule has 0 saturated carbocycles. The lowest BCUT2D eigenvalue weighted by molar-refractivity contribution is -0.144. The number of hydrogen-bond acceptors (Lipinski definition) is 3. The molecule has 0 radical (unpaired) electrons. The first-order chi connectivity index (χ1) is 8.70. The molecule has 1 unspecified atom stereocenters. The van der Waals surface area contributed by atoms with Crippen LogP contribution in [0, 0.1) is 0 Å². The van der Waals surface area contributed by atoms with Gasteiger partial charge in [0.25, 0.3) is 0 Å². The summed E-state index contributed by atoms with van der Waals surface area (Å²) in [6.07, 6.45) is 2.18. The molecule has 0 aliphatic carbocycles. The zero-order chi connectivity index (χ0) is 13.0. The molecule has 1 aliphatic heterocycles. The van der Waals surface area contributed by atoms with Crippen molar-refractivity contribution in [1.29, 1.82) is 0 Å². The third kappa shape index (κ3) is 3.24. The van der Waals surface area contributed by atoms with Crippen molar-refractivity contribution in [3.05, 3.63) is 34.9 Å². The standard InChI is InChI=1S/C14H18ClNO2/c1-2-18-14(17)10-16-8-4-7-13(16)11-5-3-6-12(15)9-11/h3,5-6,9,13H,2,4,7-8,10H2,1H3. The molecule has 3 nitrogen and oxygen atoms in total. The molecule has 1 fully saturated rings. The maximum absolute atomic E-state index is 11.6. The van der Waals surface area contributed by atoms with Gasteiger partial charge in [0.2, 0.25) is 0 Å². The molecule has 1 aliphatic rings. The van der Waals surface area contributed by atoms with Crippen LogP contribution < -0.4 is 0 Å². The van der Waals surface area contributed by atoms with E-state index in [2.05, 4.69) is 11.0 Å². The summed E-state index contributed by atoms with van der Waals surface area (Å²) >= 11 is 6.02. The van der Waals surface area contributed by atoms with E-state index in [0.717, 1.165) is 24.4 Å². The smallest absolute Gasteiger partial charge is 0.320 e. The lowest BCUT2D eigenvalue weighted by Gasteiger charge is -2.23. The minimum absolute atomic E-state index is 0.147. The van der Waals surface area contributed by atoms with E-state index in [4.69, 9.17) is 16.3 Å². The van der Waals surface area contributed by atoms with Crippen molar-refractivity contribution >= 4 is 17.6 Å². The lowest BCUT2D eigenvalue weighted by Crippen LogP contribution is -2.30. The topological polar surface area (TPSA) is 29.5 Å². The highest BCUT2D eigenvalue weighted by Gasteiger charge is 2.27. The number of likely N-dealkylation sites (tertiary alicyclic amines) is 1. The van der Waals surface area contributed by atoms with Crippen LogP contribution in [0.1, 0.15) is 31.4 Å². The molecule has 1 heterocycles. The molecular formula is C14H18ClNO2. The van der Waals surface area contributed by atoms with Gasteiger partial charge in [-0.2, -0.15) is 0 Å². The summed E-state index contributed by atoms with van der Waals surface area (Å²) in [4.78, 5) is 13.7. The van der Waals surface area contributed by atoms with Crippen LogP contribution in [0.2, 0.25) is 5.02 Å². The first kappa shape index (κ1) is 13.4. The van der Waals surface area contributed by atoms with Crippen molar-refractivity contribution in [3.63, 3.8) is 0 Å². The van der Waals surface area contributed by atoms with Crippen molar-refractivity contribution in [2.45, 2.75) is 25.8 Å². The minimum Gasteiger partial charge on any atom is -0.465 e. The molecule has 18 heavy (non-hydrogen) atoms. The second kappa shape index (κ2) is 6.21. The highest BCUT2D eigenvalue weighted by molar-refractivity contribution is 6.30. The van der Waals surface area contributed by atoms with Gasteiger partial charge in [-0.15, -0.1) is 0 Å². The van der Waals surface area contributed by atoms with Gasteiger partial charge in [0.05, 0.1) is 13.2 Å². The van der Waals surface area contributed by atoms with Crippen LogP contribution in [0.25, 0.3) is 0 Å². The first-order valence-corrected chi connectivity index (χ1v) is 6.73. The molecule has 4 heteroatoms. The van der Waals surface area contributed by atoms with Crippen molar-refractivity contribution in [2.24, 2.45) is 0 Å². The van der Waals surface area contributed by atoms with E-state index in [1.807, 2.05) is 25.1 Å². The van der Waals surface area contributed by atoms with Gasteiger partial charge in [0.1, 0.15) is 0 Å². The fourth-order valence-electron chi connectivity index (χ4n) is 2.48. The van der Waals surface area contributed by atoms with Gasteiger partial charge < -0.3 is 4.74 Å². The summed E-state index contributed by atoms with van der Waals surface area (Å²) in [6.45, 7) is 3.58. The number of ether oxygens (including phenoxy) is 1. The normalized spacial score (nSPS) is 20.0. The van der Waals surface area contributed by atoms with Crippen molar-refractivity contribution in [2.75, 3.05) is 19.7 Å². The van der Waals surface area contributed by atoms with Crippen molar-refractivity contribution < 1.29 is 9.53 Å². The third-order valence-corrected chi connectivity index (χ3v) is 3.47. The van der Waals surface area contributed by atoms with Crippen molar-refractivity contribution in [3.8, 4) is 0 Å². The molecule has 1 aromatic carbocycles. The number of esters is 1. The van der Waals surface area contributed by atoms with Crippen LogP contribution >= 0.6 is 11.6 Å². The Bertz CT molecular complexity index is 422. The molecule has 0 bridgehead atoms. The van der Waals surface area contributed by atoms with E-state index >= 15 is 0 Å². The van der Waals surface area contributed by atoms with E-state index in [1.165, 1.54) is 5.56 Å². The second-order valence-corrected chi connectivity index (χ2v) is 4.92. The maximum atomic E-state index is 11.6. The van der Waals surface area contributed by atoms with Crippen LogP contribution in [-0.2, 0) is 9.53 Å². The predicted molar refractivity (Wildman–Crippen MR) is 71.6 cm³/mol. The van der Waals surface area contributed by atoms with Crippen molar-refractivity contribution in [1.82, 2.24) is 4.90 Å². The Balaban J connectivity index is 2.05. The van der Waals surface area contributed by atoms with Gasteiger partial charge in [-0.25, -0.2) is 0 Å². The van der Waals surface area contributed by atoms with E-state index in [0.29, 0.717) is 13.2 Å². The Kier molecular flexibility index (Phi) is 4.61. The van der Waals surface area contributed by atoms with Crippen LogP contribution in [0.15, 0.2) is 24.3 Å². The number of halogens is 1. The molecule has 2 rings (SSSR count). The summed E-state index contributed by atoms with van der Waals surface area (Å²) in [6, 6.07) is 8.16. The number of hydrogen-bond donors (Lipinski definition) is 0. The van der Waals surface area contributed by atoms with Gasteiger partial charge in [-0.3, -0.25) is 9.69 Å². The average Bonchev–Trinajstić information content (AvgIpc) is 2.77. The number of carbonyl (C=O) groups excluding carboxylic acids is 1. The molecule has 1 atom stereocenters. The van der Waals surface area contributed by atoms with Crippen LogP contribution in [0.5, 0.6) is 0 Å². The highest BCUT2D eigenvalue weighted by atomic mass is 35.5. The fourth-order valence-corrected chi connectivity index (χ4v) is 2.68. The van der Waals surface area contributed by atoms with Crippen LogP contribution in [0.4, 0.5) is 0 Å². The number of carbonyl (C=O) groups is 1. The largest absolute Gasteiger partial charge is 0.465 e. The summed E-state index contributed by atoms with van der Waals surface area (Å²) in [7, 11) is 0. The van der Waals surface area contributed by atoms with Gasteiger partial charge >= 0.3 is 5.97 Å². The fraction of sp³-hybridized carbons (Fsp3) is 0.500. The van der Waals surface area contributed by atoms with Crippen LogP contribution in [-0.4, -0.2) is 30.6 Å². The SMILES string of the molecule is CCOC(=O)CN1CCCC1c1cccc(Cl)c1. The van der Waals surface area contributed by atoms with Gasteiger partial charge in [0.15, 0.2) is 0 Å². The quantitative estimate of drug-likeness (QED) is 0.786. The number of benzene rings is 1. The zero-order valence-corrected chi connectivity index (χ0v) is 11.3. The molecular weight excluding hydrogens is 250 g/mol. The summed E-state index contributed by atoms with van der Waals surface area (Å²) in [5.41, 5.74) is 1.18. The average molecular weight is 268 g/mol. The first-order valence-electron chi connectivity index (χ1n) is 6.36. The number of rotatable bonds is 4. The molecule has 0 aromatic heterocycles. The Morgan fingerprint density at radius 1 is 1.56 bits per heavy atom. The Labute approximate surface area is 113 Å². The molecule has 0 spiro atoms. The van der Waals surface area contributed by atoms with Crippen LogP contribution in [0.3, 0.4) is 0 Å². The van der Waals surface area contributed by atoms with Gasteiger partial charge in [-0.05, 0) is 44.0 Å². The summed E-state index contributed by atoms with van der Waals surface area (Å²) < 4.78 is 5.01. The third-order valence-electron chi connectivity index (χ3n) is 3.23. The van der Waals surface area contributed by atoms with E-state index < -0.39 is 0 Å². The Hall–Kier alpha value is -1.06. The Morgan fingerprint density at radius 3 is 3.11 bits per heavy atom. The summed E-state index contributed by atoms with van der Waals surface area (Å²) in [5, 5.41) is 0.746. The Morgan fingerprint density at radius 2 is 2.39 bits per heavy atom. The zero-order valence-electron chi connectivity index (χ0n) is 10.6. The van der Waals surface area contributed by atoms with E-state index in [-0.39, 0.29) is 12.0 Å². The molecule has 98 valence electrons. The van der Waals surface area contributed by atoms with Gasteiger partial charge in [0, 0.05) is 11.1 Å². The van der Waals surface area contributed by atoms with Gasteiger partial charge in [-0.1, -0.05) is 23.7 Å². The molecule has 1 aromatic rings. The monoisotopic (exact) mass is 267 g/mol. The predicted octanol–water partition coefficient (Wildman–Crippen LogP) is 3.04. The van der Waals surface area contributed by atoms with E-state index in [1.54, 1.807) is 0 Å².